The van der Waals surface area contributed by atoms with Gasteiger partial charge >= 0.3 is 0 Å². The molecule has 0 saturated heterocycles. The molecule has 0 aliphatic carbocycles. The molecule has 6 heteroatoms. The topological polar surface area (TPSA) is 55.9 Å². The summed E-state index contributed by atoms with van der Waals surface area (Å²) in [4.78, 5) is 0. The number of nitrogens with two attached hydrogens (primary N) is 1. The van der Waals surface area contributed by atoms with Gasteiger partial charge in [0.25, 0.3) is 0 Å². The van der Waals surface area contributed by atoms with Crippen LogP contribution < -0.4 is 11.3 Å². The Morgan fingerprint density at radius 2 is 2.28 bits per heavy atom. The number of hydrazine groups is 1. The summed E-state index contributed by atoms with van der Waals surface area (Å²) in [6.07, 6.45) is 1.76. The average Bonchev–Trinajstić information content (AvgIpc) is 2.83. The molecule has 0 spiro atoms. The first-order chi connectivity index (χ1) is 8.67. The van der Waals surface area contributed by atoms with Crippen molar-refractivity contribution in [2.45, 2.75) is 19.5 Å². The van der Waals surface area contributed by atoms with E-state index < -0.39 is 0 Å². The van der Waals surface area contributed by atoms with Gasteiger partial charge in [-0.15, -0.1) is 0 Å². The van der Waals surface area contributed by atoms with Crippen LogP contribution in [-0.2, 0) is 6.54 Å². The van der Waals surface area contributed by atoms with Crippen molar-refractivity contribution < 1.29 is 0 Å². The first-order valence-electron chi connectivity index (χ1n) is 5.60. The Hall–Kier alpha value is -0.880. The summed E-state index contributed by atoms with van der Waals surface area (Å²) in [6.45, 7) is 2.82. The summed E-state index contributed by atoms with van der Waals surface area (Å²) in [5.74, 6) is 5.67. The van der Waals surface area contributed by atoms with Gasteiger partial charge in [0.05, 0.1) is 11.7 Å². The highest BCUT2D eigenvalue weighted by Crippen LogP contribution is 2.30. The molecule has 1 atom stereocenters. The van der Waals surface area contributed by atoms with Crippen molar-refractivity contribution in [1.29, 1.82) is 0 Å². The predicted octanol–water partition coefficient (Wildman–Crippen LogP) is 2.87. The van der Waals surface area contributed by atoms with Crippen LogP contribution in [-0.4, -0.2) is 9.78 Å². The lowest BCUT2D eigenvalue weighted by molar-refractivity contribution is 0.543. The molecule has 0 aliphatic rings. The summed E-state index contributed by atoms with van der Waals surface area (Å²) >= 11 is 9.68. The molecule has 2 aromatic rings. The van der Waals surface area contributed by atoms with Gasteiger partial charge in [0, 0.05) is 22.2 Å². The minimum Gasteiger partial charge on any atom is -0.271 e. The highest BCUT2D eigenvalue weighted by Gasteiger charge is 2.19. The van der Waals surface area contributed by atoms with Crippen LogP contribution in [0.4, 0.5) is 0 Å². The third-order valence-corrected chi connectivity index (χ3v) is 3.62. The van der Waals surface area contributed by atoms with E-state index in [0.717, 1.165) is 22.3 Å². The van der Waals surface area contributed by atoms with Crippen molar-refractivity contribution in [2.24, 2.45) is 5.84 Å². The molecule has 0 radical (unpaired) electrons. The van der Waals surface area contributed by atoms with Crippen LogP contribution in [0.25, 0.3) is 0 Å². The smallest absolute Gasteiger partial charge is 0.0893 e. The second-order valence-electron chi connectivity index (χ2n) is 3.84. The SMILES string of the molecule is CCn1nccc1C(NN)c1cc(Br)ccc1Cl. The monoisotopic (exact) mass is 328 g/mol. The maximum absolute atomic E-state index is 6.24. The van der Waals surface area contributed by atoms with Crippen LogP contribution >= 0.6 is 27.5 Å². The Bertz CT molecular complexity index is 541. The van der Waals surface area contributed by atoms with Crippen molar-refractivity contribution in [2.75, 3.05) is 0 Å². The first-order valence-corrected chi connectivity index (χ1v) is 6.77. The van der Waals surface area contributed by atoms with Gasteiger partial charge in [-0.1, -0.05) is 27.5 Å². The van der Waals surface area contributed by atoms with Crippen molar-refractivity contribution >= 4 is 27.5 Å². The minimum absolute atomic E-state index is 0.183. The highest BCUT2D eigenvalue weighted by atomic mass is 79.9. The summed E-state index contributed by atoms with van der Waals surface area (Å²) in [6, 6.07) is 7.46. The number of nitrogens with one attached hydrogen (secondary N) is 1. The van der Waals surface area contributed by atoms with Crippen LogP contribution in [0, 0.1) is 0 Å². The number of rotatable bonds is 4. The standard InChI is InChI=1S/C12H14BrClN4/c1-2-18-11(5-6-16-18)12(17-15)9-7-8(13)3-4-10(9)14/h3-7,12,17H,2,15H2,1H3. The van der Waals surface area contributed by atoms with Gasteiger partial charge in [-0.3, -0.25) is 10.5 Å². The first kappa shape index (κ1) is 13.5. The Kier molecular flexibility index (Phi) is 4.40. The van der Waals surface area contributed by atoms with Crippen LogP contribution in [0.2, 0.25) is 5.02 Å². The third kappa shape index (κ3) is 2.59. The van der Waals surface area contributed by atoms with E-state index in [2.05, 4.69) is 26.5 Å². The lowest BCUT2D eigenvalue weighted by atomic mass is 10.0. The maximum atomic E-state index is 6.24. The van der Waals surface area contributed by atoms with Gasteiger partial charge in [-0.25, -0.2) is 5.43 Å². The van der Waals surface area contributed by atoms with Crippen LogP contribution in [0.3, 0.4) is 0 Å². The normalized spacial score (nSPS) is 12.7. The van der Waals surface area contributed by atoms with Crippen molar-refractivity contribution in [3.8, 4) is 0 Å². The number of hydrogen-bond donors (Lipinski definition) is 2. The fourth-order valence-corrected chi connectivity index (χ4v) is 2.53. The number of benzene rings is 1. The molecule has 0 fully saturated rings. The van der Waals surface area contributed by atoms with E-state index in [0.29, 0.717) is 5.02 Å². The molecular formula is C12H14BrClN4. The molecule has 96 valence electrons. The Morgan fingerprint density at radius 3 is 2.94 bits per heavy atom. The molecule has 0 aliphatic heterocycles. The molecular weight excluding hydrogens is 316 g/mol. The maximum Gasteiger partial charge on any atom is 0.0893 e. The predicted molar refractivity (Wildman–Crippen MR) is 76.2 cm³/mol. The zero-order chi connectivity index (χ0) is 13.1. The van der Waals surface area contributed by atoms with Crippen LogP contribution in [0.5, 0.6) is 0 Å². The molecule has 4 nitrogen and oxygen atoms in total. The second-order valence-corrected chi connectivity index (χ2v) is 5.16. The average molecular weight is 330 g/mol. The molecule has 0 bridgehead atoms. The number of hydrogen-bond acceptors (Lipinski definition) is 3. The number of aromatic nitrogens is 2. The molecule has 1 unspecified atom stereocenters. The van der Waals surface area contributed by atoms with Gasteiger partial charge in [-0.2, -0.15) is 5.10 Å². The van der Waals surface area contributed by atoms with Gasteiger partial charge in [0.2, 0.25) is 0 Å². The number of aryl methyl sites for hydroxylation is 1. The lowest BCUT2D eigenvalue weighted by Crippen LogP contribution is -2.31. The van der Waals surface area contributed by atoms with Crippen molar-refractivity contribution in [3.05, 3.63) is 51.2 Å². The number of nitrogens with zero attached hydrogens (tertiary/aromatic N) is 2. The summed E-state index contributed by atoms with van der Waals surface area (Å²) < 4.78 is 2.85. The minimum atomic E-state index is -0.183. The van der Waals surface area contributed by atoms with E-state index in [1.165, 1.54) is 0 Å². The molecule has 1 aromatic carbocycles. The zero-order valence-corrected chi connectivity index (χ0v) is 12.2. The molecule has 18 heavy (non-hydrogen) atoms. The van der Waals surface area contributed by atoms with E-state index in [-0.39, 0.29) is 6.04 Å². The number of halogens is 2. The summed E-state index contributed by atoms with van der Waals surface area (Å²) in [5, 5.41) is 4.92. The van der Waals surface area contributed by atoms with Crippen LogP contribution in [0.15, 0.2) is 34.9 Å². The quantitative estimate of drug-likeness (QED) is 0.670. The van der Waals surface area contributed by atoms with Gasteiger partial charge in [0.15, 0.2) is 0 Å². The van der Waals surface area contributed by atoms with Gasteiger partial charge < -0.3 is 0 Å². The largest absolute Gasteiger partial charge is 0.271 e. The van der Waals surface area contributed by atoms with E-state index in [4.69, 9.17) is 17.4 Å². The molecule has 2 rings (SSSR count). The summed E-state index contributed by atoms with van der Waals surface area (Å²) in [5.41, 5.74) is 4.70. The van der Waals surface area contributed by atoms with E-state index in [9.17, 15) is 0 Å². The zero-order valence-electron chi connectivity index (χ0n) is 9.90. The molecule has 0 saturated carbocycles. The Labute approximate surface area is 119 Å². The van der Waals surface area contributed by atoms with E-state index in [1.807, 2.05) is 35.9 Å². The molecule has 0 amide bonds. The lowest BCUT2D eigenvalue weighted by Gasteiger charge is -2.19. The highest BCUT2D eigenvalue weighted by molar-refractivity contribution is 9.10. The van der Waals surface area contributed by atoms with Gasteiger partial charge in [0.1, 0.15) is 0 Å². The fourth-order valence-electron chi connectivity index (χ4n) is 1.92. The molecule has 3 N–H and O–H groups in total. The summed E-state index contributed by atoms with van der Waals surface area (Å²) in [7, 11) is 0. The van der Waals surface area contributed by atoms with Crippen LogP contribution in [0.1, 0.15) is 24.2 Å². The van der Waals surface area contributed by atoms with Crippen molar-refractivity contribution in [1.82, 2.24) is 15.2 Å². The Morgan fingerprint density at radius 1 is 1.50 bits per heavy atom. The molecule has 1 aromatic heterocycles. The van der Waals surface area contributed by atoms with E-state index in [1.54, 1.807) is 6.20 Å². The second kappa shape index (κ2) is 5.84. The Balaban J connectivity index is 2.48. The van der Waals surface area contributed by atoms with Gasteiger partial charge in [-0.05, 0) is 36.8 Å². The van der Waals surface area contributed by atoms with Crippen molar-refractivity contribution in [3.63, 3.8) is 0 Å². The van der Waals surface area contributed by atoms with E-state index >= 15 is 0 Å². The fraction of sp³-hybridized carbons (Fsp3) is 0.250. The third-order valence-electron chi connectivity index (χ3n) is 2.78. The molecule has 1 heterocycles.